The Balaban J connectivity index is 2.40. The summed E-state index contributed by atoms with van der Waals surface area (Å²) >= 11 is 0. The van der Waals surface area contributed by atoms with Crippen molar-refractivity contribution in [3.05, 3.63) is 12.2 Å². The number of allylic oxidation sites excluding steroid dienone is 2. The summed E-state index contributed by atoms with van der Waals surface area (Å²) in [6.07, 6.45) is 10.1. The lowest BCUT2D eigenvalue weighted by Crippen LogP contribution is -2.27. The van der Waals surface area contributed by atoms with Crippen LogP contribution in [0.5, 0.6) is 0 Å². The van der Waals surface area contributed by atoms with Gasteiger partial charge >= 0.3 is 0 Å². The van der Waals surface area contributed by atoms with E-state index in [0.717, 1.165) is 23.7 Å². The molecular formula is C14H26. The third kappa shape index (κ3) is 3.15. The van der Waals surface area contributed by atoms with Gasteiger partial charge in [0, 0.05) is 0 Å². The van der Waals surface area contributed by atoms with Gasteiger partial charge in [-0.05, 0) is 49.4 Å². The lowest BCUT2D eigenvalue weighted by molar-refractivity contribution is 0.146. The molecule has 1 aliphatic rings. The second kappa shape index (κ2) is 5.58. The molecule has 0 heterocycles. The topological polar surface area (TPSA) is 0 Å². The van der Waals surface area contributed by atoms with Crippen molar-refractivity contribution in [1.82, 2.24) is 0 Å². The van der Waals surface area contributed by atoms with Crippen molar-refractivity contribution >= 4 is 0 Å². The van der Waals surface area contributed by atoms with Crippen molar-refractivity contribution in [1.29, 1.82) is 0 Å². The van der Waals surface area contributed by atoms with E-state index in [1.165, 1.54) is 25.7 Å². The average Bonchev–Trinajstić information content (AvgIpc) is 2.14. The van der Waals surface area contributed by atoms with E-state index in [1.54, 1.807) is 0 Å². The molecule has 0 amide bonds. The van der Waals surface area contributed by atoms with E-state index in [0.29, 0.717) is 0 Å². The van der Waals surface area contributed by atoms with Gasteiger partial charge in [-0.25, -0.2) is 0 Å². The van der Waals surface area contributed by atoms with Gasteiger partial charge in [0.1, 0.15) is 0 Å². The highest BCUT2D eigenvalue weighted by molar-refractivity contribution is 4.88. The molecule has 0 aromatic carbocycles. The van der Waals surface area contributed by atoms with E-state index in [9.17, 15) is 0 Å². The number of hydrogen-bond donors (Lipinski definition) is 0. The highest BCUT2D eigenvalue weighted by Crippen LogP contribution is 2.39. The standard InChI is InChI=1S/C14H26/c1-5-6-7-8-14-10-12(3)11(2)9-13(14)4/h6-7,11-14H,5,8-10H2,1-4H3/b7-6+/t11?,12-,13-,14?/m1/s1. The Kier molecular flexibility index (Phi) is 4.71. The molecule has 1 aliphatic carbocycles. The predicted octanol–water partition coefficient (Wildman–Crippen LogP) is 4.66. The molecule has 14 heavy (non-hydrogen) atoms. The van der Waals surface area contributed by atoms with Crippen LogP contribution in [0.4, 0.5) is 0 Å². The molecule has 0 heteroatoms. The van der Waals surface area contributed by atoms with Gasteiger partial charge in [-0.1, -0.05) is 39.8 Å². The summed E-state index contributed by atoms with van der Waals surface area (Å²) in [7, 11) is 0. The molecule has 4 atom stereocenters. The minimum atomic E-state index is 0.933. The van der Waals surface area contributed by atoms with Crippen LogP contribution in [0.3, 0.4) is 0 Å². The lowest BCUT2D eigenvalue weighted by Gasteiger charge is -2.36. The molecule has 0 nitrogen and oxygen atoms in total. The van der Waals surface area contributed by atoms with Crippen LogP contribution >= 0.6 is 0 Å². The molecule has 0 radical (unpaired) electrons. The maximum absolute atomic E-state index is 2.44. The molecule has 0 aliphatic heterocycles. The van der Waals surface area contributed by atoms with E-state index in [1.807, 2.05) is 0 Å². The second-order valence-corrected chi connectivity index (χ2v) is 5.28. The van der Waals surface area contributed by atoms with Crippen LogP contribution in [0.15, 0.2) is 12.2 Å². The highest BCUT2D eigenvalue weighted by Gasteiger charge is 2.29. The Morgan fingerprint density at radius 2 is 1.57 bits per heavy atom. The van der Waals surface area contributed by atoms with Crippen LogP contribution in [-0.4, -0.2) is 0 Å². The molecule has 2 unspecified atom stereocenters. The third-order valence-electron chi connectivity index (χ3n) is 4.04. The van der Waals surface area contributed by atoms with E-state index in [4.69, 9.17) is 0 Å². The maximum atomic E-state index is 2.44. The Morgan fingerprint density at radius 3 is 2.21 bits per heavy atom. The van der Waals surface area contributed by atoms with Crippen LogP contribution in [0.1, 0.15) is 53.4 Å². The van der Waals surface area contributed by atoms with Crippen LogP contribution in [0.25, 0.3) is 0 Å². The first-order chi connectivity index (χ1) is 6.65. The maximum Gasteiger partial charge on any atom is -0.0320 e. The monoisotopic (exact) mass is 194 g/mol. The first-order valence-electron chi connectivity index (χ1n) is 6.30. The van der Waals surface area contributed by atoms with Gasteiger partial charge in [0.15, 0.2) is 0 Å². The molecule has 1 fully saturated rings. The largest absolute Gasteiger partial charge is 0.0888 e. The minimum absolute atomic E-state index is 0.933. The summed E-state index contributed by atoms with van der Waals surface area (Å²) in [6, 6.07) is 0. The first kappa shape index (κ1) is 11.8. The van der Waals surface area contributed by atoms with Gasteiger partial charge in [0.25, 0.3) is 0 Å². The smallest absolute Gasteiger partial charge is 0.0320 e. The summed E-state index contributed by atoms with van der Waals surface area (Å²) in [5.41, 5.74) is 0. The molecule has 0 bridgehead atoms. The Morgan fingerprint density at radius 1 is 0.929 bits per heavy atom. The fourth-order valence-corrected chi connectivity index (χ4v) is 2.72. The zero-order valence-electron chi connectivity index (χ0n) is 10.3. The summed E-state index contributed by atoms with van der Waals surface area (Å²) in [4.78, 5) is 0. The molecular weight excluding hydrogens is 168 g/mol. The SMILES string of the molecule is CC/C=C/CC1C[C@@H](C)C(C)C[C@H]1C. The summed E-state index contributed by atoms with van der Waals surface area (Å²) < 4.78 is 0. The van der Waals surface area contributed by atoms with E-state index in [2.05, 4.69) is 39.8 Å². The van der Waals surface area contributed by atoms with Gasteiger partial charge in [0.05, 0.1) is 0 Å². The van der Waals surface area contributed by atoms with Crippen molar-refractivity contribution < 1.29 is 0 Å². The predicted molar refractivity (Wildman–Crippen MR) is 64.3 cm³/mol. The normalized spacial score (nSPS) is 39.1. The van der Waals surface area contributed by atoms with Crippen molar-refractivity contribution in [3.63, 3.8) is 0 Å². The molecule has 0 aromatic heterocycles. The van der Waals surface area contributed by atoms with Crippen molar-refractivity contribution in [2.75, 3.05) is 0 Å². The third-order valence-corrected chi connectivity index (χ3v) is 4.04. The zero-order valence-corrected chi connectivity index (χ0v) is 10.3. The first-order valence-corrected chi connectivity index (χ1v) is 6.30. The van der Waals surface area contributed by atoms with Crippen molar-refractivity contribution in [3.8, 4) is 0 Å². The van der Waals surface area contributed by atoms with Gasteiger partial charge in [-0.3, -0.25) is 0 Å². The molecule has 0 saturated heterocycles. The minimum Gasteiger partial charge on any atom is -0.0888 e. The highest BCUT2D eigenvalue weighted by atomic mass is 14.3. The summed E-state index contributed by atoms with van der Waals surface area (Å²) in [5, 5.41) is 0. The molecule has 0 spiro atoms. The van der Waals surface area contributed by atoms with Gasteiger partial charge in [-0.2, -0.15) is 0 Å². The van der Waals surface area contributed by atoms with Gasteiger partial charge in [-0.15, -0.1) is 0 Å². The second-order valence-electron chi connectivity index (χ2n) is 5.28. The fraction of sp³-hybridized carbons (Fsp3) is 0.857. The van der Waals surface area contributed by atoms with E-state index in [-0.39, 0.29) is 0 Å². The van der Waals surface area contributed by atoms with E-state index < -0.39 is 0 Å². The zero-order chi connectivity index (χ0) is 10.6. The summed E-state index contributed by atoms with van der Waals surface area (Å²) in [6.45, 7) is 9.49. The van der Waals surface area contributed by atoms with Crippen LogP contribution in [0, 0.1) is 23.7 Å². The van der Waals surface area contributed by atoms with Crippen molar-refractivity contribution in [2.24, 2.45) is 23.7 Å². The van der Waals surface area contributed by atoms with E-state index >= 15 is 0 Å². The van der Waals surface area contributed by atoms with Crippen LogP contribution in [-0.2, 0) is 0 Å². The number of rotatable bonds is 3. The molecule has 0 aromatic rings. The van der Waals surface area contributed by atoms with Crippen molar-refractivity contribution in [2.45, 2.75) is 53.4 Å². The molecule has 0 N–H and O–H groups in total. The van der Waals surface area contributed by atoms with Crippen LogP contribution in [0.2, 0.25) is 0 Å². The summed E-state index contributed by atoms with van der Waals surface area (Å²) in [5.74, 6) is 3.76. The number of hydrogen-bond acceptors (Lipinski definition) is 0. The average molecular weight is 194 g/mol. The quantitative estimate of drug-likeness (QED) is 0.573. The van der Waals surface area contributed by atoms with Crippen LogP contribution < -0.4 is 0 Å². The Hall–Kier alpha value is -0.260. The molecule has 82 valence electrons. The van der Waals surface area contributed by atoms with Gasteiger partial charge in [0.2, 0.25) is 0 Å². The Labute approximate surface area is 89.8 Å². The molecule has 1 rings (SSSR count). The molecule has 1 saturated carbocycles. The Bertz CT molecular complexity index is 180. The van der Waals surface area contributed by atoms with Gasteiger partial charge < -0.3 is 0 Å². The lowest BCUT2D eigenvalue weighted by atomic mass is 9.69. The fourth-order valence-electron chi connectivity index (χ4n) is 2.72.